The maximum absolute atomic E-state index is 12.6. The molecule has 0 aliphatic heterocycles. The van der Waals surface area contributed by atoms with E-state index in [1.807, 2.05) is 24.3 Å². The molecule has 0 fully saturated rings. The number of nitrogens with one attached hydrogen (secondary N) is 2. The molecule has 2 N–H and O–H groups in total. The first-order valence-corrected chi connectivity index (χ1v) is 8.17. The van der Waals surface area contributed by atoms with E-state index in [1.165, 1.54) is 22.6 Å². The average molecular weight is 367 g/mol. The SMILES string of the molecule is C[NH+](C)Cc1ccc(CNC(=O)COc2cccc(C(F)(F)F)c2)cc1. The second kappa shape index (κ2) is 8.71. The van der Waals surface area contributed by atoms with Crippen molar-refractivity contribution in [3.05, 3.63) is 65.2 Å². The molecule has 0 radical (unpaired) electrons. The Morgan fingerprint density at radius 3 is 2.35 bits per heavy atom. The van der Waals surface area contributed by atoms with Gasteiger partial charge in [-0.25, -0.2) is 0 Å². The number of carbonyl (C=O) groups excluding carboxylic acids is 1. The topological polar surface area (TPSA) is 42.8 Å². The van der Waals surface area contributed by atoms with Gasteiger partial charge in [-0.3, -0.25) is 4.79 Å². The smallest absolute Gasteiger partial charge is 0.416 e. The van der Waals surface area contributed by atoms with Crippen LogP contribution in [-0.2, 0) is 24.1 Å². The van der Waals surface area contributed by atoms with E-state index < -0.39 is 17.6 Å². The van der Waals surface area contributed by atoms with Crippen LogP contribution in [0.15, 0.2) is 48.5 Å². The van der Waals surface area contributed by atoms with Crippen LogP contribution in [0.1, 0.15) is 16.7 Å². The molecule has 0 atom stereocenters. The van der Waals surface area contributed by atoms with E-state index in [4.69, 9.17) is 4.74 Å². The van der Waals surface area contributed by atoms with Crippen molar-refractivity contribution in [2.24, 2.45) is 0 Å². The zero-order valence-electron chi connectivity index (χ0n) is 14.7. The lowest BCUT2D eigenvalue weighted by molar-refractivity contribution is -0.872. The van der Waals surface area contributed by atoms with E-state index in [-0.39, 0.29) is 12.4 Å². The van der Waals surface area contributed by atoms with E-state index in [1.54, 1.807) is 0 Å². The number of amides is 1. The molecule has 0 saturated heterocycles. The van der Waals surface area contributed by atoms with Crippen LogP contribution in [0.4, 0.5) is 13.2 Å². The summed E-state index contributed by atoms with van der Waals surface area (Å²) in [5.74, 6) is -0.394. The molecule has 2 aromatic rings. The highest BCUT2D eigenvalue weighted by Gasteiger charge is 2.30. The molecule has 2 aromatic carbocycles. The van der Waals surface area contributed by atoms with Crippen molar-refractivity contribution in [1.82, 2.24) is 5.32 Å². The van der Waals surface area contributed by atoms with Crippen LogP contribution in [0.3, 0.4) is 0 Å². The summed E-state index contributed by atoms with van der Waals surface area (Å²) < 4.78 is 43.1. The summed E-state index contributed by atoms with van der Waals surface area (Å²) in [6.07, 6.45) is -4.44. The first kappa shape index (κ1) is 19.8. The zero-order valence-corrected chi connectivity index (χ0v) is 14.7. The van der Waals surface area contributed by atoms with Gasteiger partial charge in [-0.15, -0.1) is 0 Å². The van der Waals surface area contributed by atoms with Gasteiger partial charge in [0, 0.05) is 12.1 Å². The van der Waals surface area contributed by atoms with Crippen LogP contribution in [0, 0.1) is 0 Å². The third kappa shape index (κ3) is 6.40. The minimum atomic E-state index is -4.44. The maximum Gasteiger partial charge on any atom is 0.416 e. The normalized spacial score (nSPS) is 11.5. The average Bonchev–Trinajstić information content (AvgIpc) is 2.58. The number of hydrogen-bond acceptors (Lipinski definition) is 2. The highest BCUT2D eigenvalue weighted by molar-refractivity contribution is 5.77. The number of carbonyl (C=O) groups is 1. The lowest BCUT2D eigenvalue weighted by Crippen LogP contribution is -3.04. The Kier molecular flexibility index (Phi) is 6.63. The molecule has 4 nitrogen and oxygen atoms in total. The van der Waals surface area contributed by atoms with Gasteiger partial charge in [0.1, 0.15) is 12.3 Å². The molecule has 0 heterocycles. The first-order chi connectivity index (χ1) is 12.2. The van der Waals surface area contributed by atoms with E-state index in [2.05, 4.69) is 19.4 Å². The zero-order chi connectivity index (χ0) is 19.2. The fourth-order valence-corrected chi connectivity index (χ4v) is 2.35. The molecular formula is C19H22F3N2O2+. The quantitative estimate of drug-likeness (QED) is 0.787. The van der Waals surface area contributed by atoms with Crippen molar-refractivity contribution in [2.45, 2.75) is 19.3 Å². The number of alkyl halides is 3. The summed E-state index contributed by atoms with van der Waals surface area (Å²) in [4.78, 5) is 13.1. The molecule has 0 aliphatic rings. The van der Waals surface area contributed by atoms with Gasteiger partial charge in [0.2, 0.25) is 0 Å². The number of rotatable bonds is 7. The van der Waals surface area contributed by atoms with Gasteiger partial charge in [0.25, 0.3) is 5.91 Å². The Hall–Kier alpha value is -2.54. The predicted molar refractivity (Wildman–Crippen MR) is 91.7 cm³/mol. The van der Waals surface area contributed by atoms with Crippen LogP contribution in [0.2, 0.25) is 0 Å². The number of quaternary nitrogens is 1. The number of halogens is 3. The van der Waals surface area contributed by atoms with Crippen molar-refractivity contribution < 1.29 is 27.6 Å². The van der Waals surface area contributed by atoms with Gasteiger partial charge in [-0.1, -0.05) is 30.3 Å². The monoisotopic (exact) mass is 367 g/mol. The Balaban J connectivity index is 1.80. The Morgan fingerprint density at radius 1 is 1.08 bits per heavy atom. The minimum Gasteiger partial charge on any atom is -0.484 e. The van der Waals surface area contributed by atoms with E-state index in [9.17, 15) is 18.0 Å². The summed E-state index contributed by atoms with van der Waals surface area (Å²) in [6.45, 7) is 0.904. The lowest BCUT2D eigenvalue weighted by Gasteiger charge is -2.11. The molecule has 140 valence electrons. The Morgan fingerprint density at radius 2 is 1.73 bits per heavy atom. The van der Waals surface area contributed by atoms with Crippen molar-refractivity contribution >= 4 is 5.91 Å². The third-order valence-electron chi connectivity index (χ3n) is 3.60. The number of benzene rings is 2. The van der Waals surface area contributed by atoms with Gasteiger partial charge in [-0.05, 0) is 23.8 Å². The molecule has 0 spiro atoms. The minimum absolute atomic E-state index is 0.00510. The van der Waals surface area contributed by atoms with Crippen LogP contribution in [0.5, 0.6) is 5.75 Å². The molecule has 26 heavy (non-hydrogen) atoms. The van der Waals surface area contributed by atoms with Crippen molar-refractivity contribution in [3.63, 3.8) is 0 Å². The van der Waals surface area contributed by atoms with Gasteiger partial charge < -0.3 is 15.0 Å². The van der Waals surface area contributed by atoms with Crippen LogP contribution < -0.4 is 15.0 Å². The second-order valence-electron chi connectivity index (χ2n) is 6.29. The van der Waals surface area contributed by atoms with Gasteiger partial charge in [0.15, 0.2) is 6.61 Å². The fraction of sp³-hybridized carbons (Fsp3) is 0.316. The molecule has 1 amide bonds. The van der Waals surface area contributed by atoms with Crippen LogP contribution >= 0.6 is 0 Å². The largest absolute Gasteiger partial charge is 0.484 e. The molecule has 0 saturated carbocycles. The van der Waals surface area contributed by atoms with Gasteiger partial charge in [-0.2, -0.15) is 13.2 Å². The Bertz CT molecular complexity index is 728. The predicted octanol–water partition coefficient (Wildman–Crippen LogP) is 2.05. The van der Waals surface area contributed by atoms with Crippen LogP contribution in [-0.4, -0.2) is 26.6 Å². The molecule has 0 unspecified atom stereocenters. The summed E-state index contributed by atoms with van der Waals surface area (Å²) in [5.41, 5.74) is 1.33. The lowest BCUT2D eigenvalue weighted by atomic mass is 10.1. The van der Waals surface area contributed by atoms with E-state index in [0.717, 1.165) is 24.2 Å². The Labute approximate surface area is 150 Å². The highest BCUT2D eigenvalue weighted by Crippen LogP contribution is 2.31. The highest BCUT2D eigenvalue weighted by atomic mass is 19.4. The van der Waals surface area contributed by atoms with Crippen molar-refractivity contribution in [2.75, 3.05) is 20.7 Å². The first-order valence-electron chi connectivity index (χ1n) is 8.17. The molecule has 0 aromatic heterocycles. The number of ether oxygens (including phenoxy) is 1. The summed E-state index contributed by atoms with van der Waals surface area (Å²) in [6, 6.07) is 12.3. The molecule has 7 heteroatoms. The summed E-state index contributed by atoms with van der Waals surface area (Å²) in [5, 5.41) is 2.68. The fourth-order valence-electron chi connectivity index (χ4n) is 2.35. The number of hydrogen-bond donors (Lipinski definition) is 2. The maximum atomic E-state index is 12.6. The summed E-state index contributed by atoms with van der Waals surface area (Å²) >= 11 is 0. The molecule has 2 rings (SSSR count). The van der Waals surface area contributed by atoms with E-state index in [0.29, 0.717) is 6.54 Å². The molecule has 0 aliphatic carbocycles. The second-order valence-corrected chi connectivity index (χ2v) is 6.29. The summed E-state index contributed by atoms with van der Waals surface area (Å²) in [7, 11) is 4.14. The molecule has 0 bridgehead atoms. The van der Waals surface area contributed by atoms with Crippen LogP contribution in [0.25, 0.3) is 0 Å². The van der Waals surface area contributed by atoms with Crippen molar-refractivity contribution in [1.29, 1.82) is 0 Å². The van der Waals surface area contributed by atoms with Gasteiger partial charge in [0.05, 0.1) is 19.7 Å². The van der Waals surface area contributed by atoms with E-state index >= 15 is 0 Å². The standard InChI is InChI=1S/C19H21F3N2O2/c1-24(2)12-15-8-6-14(7-9-15)11-23-18(25)13-26-17-5-3-4-16(10-17)19(20,21)22/h3-10H,11-13H2,1-2H3,(H,23,25)/p+1. The third-order valence-corrected chi connectivity index (χ3v) is 3.60. The van der Waals surface area contributed by atoms with Gasteiger partial charge >= 0.3 is 6.18 Å². The van der Waals surface area contributed by atoms with Crippen molar-refractivity contribution in [3.8, 4) is 5.75 Å². The molecular weight excluding hydrogens is 345 g/mol.